The van der Waals surface area contributed by atoms with Gasteiger partial charge in [-0.25, -0.2) is 9.78 Å². The number of aliphatic hydroxyl groups is 1. The van der Waals surface area contributed by atoms with Crippen LogP contribution in [-0.2, 0) is 6.54 Å². The molecule has 0 spiro atoms. The predicted octanol–water partition coefficient (Wildman–Crippen LogP) is 2.47. The molecule has 5 nitrogen and oxygen atoms in total. The molecular weight excluding hydrogens is 274 g/mol. The van der Waals surface area contributed by atoms with Crippen LogP contribution < -0.4 is 10.6 Å². The maximum absolute atomic E-state index is 11.6. The lowest BCUT2D eigenvalue weighted by Gasteiger charge is -2.14. The lowest BCUT2D eigenvalue weighted by molar-refractivity contribution is 0.116. The highest BCUT2D eigenvalue weighted by Crippen LogP contribution is 2.18. The van der Waals surface area contributed by atoms with Crippen LogP contribution >= 0.6 is 11.3 Å². The molecular formula is C14H25N3O2S. The van der Waals surface area contributed by atoms with Gasteiger partial charge in [0.05, 0.1) is 23.4 Å². The fourth-order valence-corrected chi connectivity index (χ4v) is 2.40. The van der Waals surface area contributed by atoms with Crippen LogP contribution in [0.2, 0.25) is 0 Å². The molecule has 0 bridgehead atoms. The second-order valence-electron chi connectivity index (χ2n) is 5.54. The van der Waals surface area contributed by atoms with E-state index in [4.69, 9.17) is 0 Å². The molecule has 1 unspecified atom stereocenters. The highest BCUT2D eigenvalue weighted by molar-refractivity contribution is 7.09. The molecule has 0 radical (unpaired) electrons. The molecule has 0 saturated heterocycles. The standard InChI is InChI=1S/C14H25N3O2S/c1-9(2)12(18)5-6-15-14(19)16-7-11-8-20-13(17-11)10(3)4/h8-10,12,18H,5-7H2,1-4H3,(H2,15,16,19). The van der Waals surface area contributed by atoms with Gasteiger partial charge in [0, 0.05) is 17.8 Å². The van der Waals surface area contributed by atoms with Gasteiger partial charge in [-0.15, -0.1) is 11.3 Å². The van der Waals surface area contributed by atoms with Crippen LogP contribution in [0.15, 0.2) is 5.38 Å². The number of thiazole rings is 1. The number of hydrogen-bond acceptors (Lipinski definition) is 4. The Hall–Kier alpha value is -1.14. The molecule has 1 heterocycles. The van der Waals surface area contributed by atoms with Crippen molar-refractivity contribution < 1.29 is 9.90 Å². The van der Waals surface area contributed by atoms with Crippen molar-refractivity contribution in [1.29, 1.82) is 0 Å². The van der Waals surface area contributed by atoms with Crippen LogP contribution in [0.5, 0.6) is 0 Å². The lowest BCUT2D eigenvalue weighted by atomic mass is 10.0. The van der Waals surface area contributed by atoms with Crippen molar-refractivity contribution >= 4 is 17.4 Å². The Kier molecular flexibility index (Phi) is 6.95. The maximum atomic E-state index is 11.6. The lowest BCUT2D eigenvalue weighted by Crippen LogP contribution is -2.37. The summed E-state index contributed by atoms with van der Waals surface area (Å²) in [7, 11) is 0. The summed E-state index contributed by atoms with van der Waals surface area (Å²) in [5.74, 6) is 0.629. The van der Waals surface area contributed by atoms with E-state index in [2.05, 4.69) is 29.5 Å². The molecule has 0 aromatic carbocycles. The monoisotopic (exact) mass is 299 g/mol. The first kappa shape index (κ1) is 16.9. The summed E-state index contributed by atoms with van der Waals surface area (Å²) in [5, 5.41) is 18.2. The van der Waals surface area contributed by atoms with Crippen molar-refractivity contribution in [2.75, 3.05) is 6.54 Å². The zero-order chi connectivity index (χ0) is 15.1. The first-order chi connectivity index (χ1) is 9.40. The minimum absolute atomic E-state index is 0.212. The van der Waals surface area contributed by atoms with E-state index in [0.717, 1.165) is 10.7 Å². The average molecular weight is 299 g/mol. The number of aliphatic hydroxyl groups excluding tert-OH is 1. The molecule has 20 heavy (non-hydrogen) atoms. The molecule has 0 fully saturated rings. The zero-order valence-electron chi connectivity index (χ0n) is 12.6. The summed E-state index contributed by atoms with van der Waals surface area (Å²) in [6.07, 6.45) is 0.196. The van der Waals surface area contributed by atoms with Crippen molar-refractivity contribution in [1.82, 2.24) is 15.6 Å². The van der Waals surface area contributed by atoms with Crippen LogP contribution in [0, 0.1) is 5.92 Å². The number of carbonyl (C=O) groups excluding carboxylic acids is 1. The first-order valence-electron chi connectivity index (χ1n) is 7.04. The van der Waals surface area contributed by atoms with Gasteiger partial charge in [-0.1, -0.05) is 27.7 Å². The summed E-state index contributed by atoms with van der Waals surface area (Å²) in [6.45, 7) is 9.02. The molecule has 3 N–H and O–H groups in total. The third kappa shape index (κ3) is 5.88. The Balaban J connectivity index is 2.22. The molecule has 1 aromatic heterocycles. The van der Waals surface area contributed by atoms with Gasteiger partial charge >= 0.3 is 6.03 Å². The Bertz CT molecular complexity index is 418. The molecule has 1 rings (SSSR count). The van der Waals surface area contributed by atoms with E-state index < -0.39 is 0 Å². The van der Waals surface area contributed by atoms with Crippen LogP contribution in [0.25, 0.3) is 0 Å². The van der Waals surface area contributed by atoms with Gasteiger partial charge in [0.1, 0.15) is 0 Å². The van der Waals surface area contributed by atoms with Crippen LogP contribution in [0.3, 0.4) is 0 Å². The quantitative estimate of drug-likeness (QED) is 0.724. The molecule has 0 aliphatic carbocycles. The van der Waals surface area contributed by atoms with E-state index in [1.165, 1.54) is 0 Å². The molecule has 2 amide bonds. The SMILES string of the molecule is CC(C)c1nc(CNC(=O)NCCC(O)C(C)C)cs1. The highest BCUT2D eigenvalue weighted by Gasteiger charge is 2.10. The van der Waals surface area contributed by atoms with E-state index in [1.807, 2.05) is 19.2 Å². The zero-order valence-corrected chi connectivity index (χ0v) is 13.5. The summed E-state index contributed by atoms with van der Waals surface area (Å²) >= 11 is 1.62. The Morgan fingerprint density at radius 1 is 1.35 bits per heavy atom. The minimum atomic E-state index is -0.373. The second-order valence-corrected chi connectivity index (χ2v) is 6.43. The van der Waals surface area contributed by atoms with Gasteiger partial charge < -0.3 is 15.7 Å². The van der Waals surface area contributed by atoms with Gasteiger partial charge in [0.15, 0.2) is 0 Å². The van der Waals surface area contributed by atoms with Crippen LogP contribution in [0.1, 0.15) is 50.7 Å². The molecule has 0 aliphatic rings. The van der Waals surface area contributed by atoms with Crippen molar-refractivity contribution in [2.24, 2.45) is 5.92 Å². The van der Waals surface area contributed by atoms with Gasteiger partial charge in [0.25, 0.3) is 0 Å². The highest BCUT2D eigenvalue weighted by atomic mass is 32.1. The second kappa shape index (κ2) is 8.21. The topological polar surface area (TPSA) is 74.2 Å². The van der Waals surface area contributed by atoms with Crippen molar-refractivity contribution in [3.8, 4) is 0 Å². The molecule has 1 aromatic rings. The summed E-state index contributed by atoms with van der Waals surface area (Å²) in [4.78, 5) is 16.0. The number of rotatable bonds is 7. The third-order valence-corrected chi connectivity index (χ3v) is 4.18. The number of amides is 2. The number of nitrogens with one attached hydrogen (secondary N) is 2. The Morgan fingerprint density at radius 2 is 2.05 bits per heavy atom. The van der Waals surface area contributed by atoms with Crippen LogP contribution in [0.4, 0.5) is 4.79 Å². The fourth-order valence-electron chi connectivity index (χ4n) is 1.57. The largest absolute Gasteiger partial charge is 0.393 e. The predicted molar refractivity (Wildman–Crippen MR) is 81.9 cm³/mol. The van der Waals surface area contributed by atoms with Gasteiger partial charge in [-0.3, -0.25) is 0 Å². The Morgan fingerprint density at radius 3 is 2.60 bits per heavy atom. The third-order valence-electron chi connectivity index (χ3n) is 2.99. The summed E-state index contributed by atoms with van der Waals surface area (Å²) in [6, 6.07) is -0.222. The smallest absolute Gasteiger partial charge is 0.315 e. The molecule has 0 saturated carbocycles. The van der Waals surface area contributed by atoms with Crippen molar-refractivity contribution in [3.05, 3.63) is 16.1 Å². The number of carbonyl (C=O) groups is 1. The van der Waals surface area contributed by atoms with Gasteiger partial charge in [-0.2, -0.15) is 0 Å². The normalized spacial score (nSPS) is 12.8. The molecule has 6 heteroatoms. The first-order valence-corrected chi connectivity index (χ1v) is 7.92. The van der Waals surface area contributed by atoms with E-state index in [1.54, 1.807) is 11.3 Å². The summed E-state index contributed by atoms with van der Waals surface area (Å²) in [5.41, 5.74) is 0.885. The number of hydrogen-bond donors (Lipinski definition) is 3. The fraction of sp³-hybridized carbons (Fsp3) is 0.714. The van der Waals surface area contributed by atoms with E-state index in [-0.39, 0.29) is 18.1 Å². The minimum Gasteiger partial charge on any atom is -0.393 e. The summed E-state index contributed by atoms with van der Waals surface area (Å²) < 4.78 is 0. The van der Waals surface area contributed by atoms with E-state index in [0.29, 0.717) is 25.4 Å². The number of urea groups is 1. The molecule has 0 aliphatic heterocycles. The maximum Gasteiger partial charge on any atom is 0.315 e. The van der Waals surface area contributed by atoms with Gasteiger partial charge in [-0.05, 0) is 12.3 Å². The van der Waals surface area contributed by atoms with Crippen LogP contribution in [-0.4, -0.2) is 28.8 Å². The van der Waals surface area contributed by atoms with Gasteiger partial charge in [0.2, 0.25) is 0 Å². The van der Waals surface area contributed by atoms with E-state index >= 15 is 0 Å². The van der Waals surface area contributed by atoms with Crippen molar-refractivity contribution in [3.63, 3.8) is 0 Å². The average Bonchev–Trinajstić information content (AvgIpc) is 2.85. The molecule has 114 valence electrons. The van der Waals surface area contributed by atoms with Crippen molar-refractivity contribution in [2.45, 2.75) is 52.7 Å². The number of nitrogens with zero attached hydrogens (tertiary/aromatic N) is 1. The molecule has 1 atom stereocenters. The number of aromatic nitrogens is 1. The Labute approximate surface area is 124 Å². The van der Waals surface area contributed by atoms with E-state index in [9.17, 15) is 9.90 Å².